The summed E-state index contributed by atoms with van der Waals surface area (Å²) < 4.78 is 0. The van der Waals surface area contributed by atoms with Gasteiger partial charge in [0.15, 0.2) is 0 Å². The van der Waals surface area contributed by atoms with Crippen molar-refractivity contribution in [3.63, 3.8) is 0 Å². The molecule has 0 aromatic heterocycles. The van der Waals surface area contributed by atoms with Crippen LogP contribution in [0, 0.1) is 13.8 Å². The van der Waals surface area contributed by atoms with Crippen molar-refractivity contribution < 1.29 is 0 Å². The second-order valence-corrected chi connectivity index (χ2v) is 11.6. The van der Waals surface area contributed by atoms with E-state index in [1.807, 2.05) is 0 Å². The Balaban J connectivity index is 2.44. The predicted molar refractivity (Wildman–Crippen MR) is 119 cm³/mol. The molecule has 0 aliphatic heterocycles. The minimum Gasteiger partial charge on any atom is -0.143 e. The van der Waals surface area contributed by atoms with E-state index in [-0.39, 0.29) is 20.3 Å². The topological polar surface area (TPSA) is 0 Å². The number of aryl methyl sites for hydroxylation is 1. The highest BCUT2D eigenvalue weighted by atomic mass is 32.1. The molecule has 0 spiro atoms. The second kappa shape index (κ2) is 7.32. The third kappa shape index (κ3) is 4.59. The summed E-state index contributed by atoms with van der Waals surface area (Å²) >= 11 is 5.00. The summed E-state index contributed by atoms with van der Waals surface area (Å²) in [5, 5.41) is 1.60. The van der Waals surface area contributed by atoms with Crippen molar-refractivity contribution in [1.82, 2.24) is 0 Å². The monoisotopic (exact) mass is 370 g/mol. The Morgan fingerprint density at radius 1 is 0.880 bits per heavy atom. The van der Waals surface area contributed by atoms with Gasteiger partial charge in [0.2, 0.25) is 0 Å². The van der Waals surface area contributed by atoms with Crippen molar-refractivity contribution in [3.8, 4) is 0 Å². The SMILES string of the molecule is Cc1cccc([SiH2]Cc2ccc(C(C)(C)C)c(S)c2C(C)(C)C)c1C. The van der Waals surface area contributed by atoms with Gasteiger partial charge >= 0.3 is 0 Å². The Bertz CT molecular complexity index is 761. The maximum absolute atomic E-state index is 5.00. The van der Waals surface area contributed by atoms with Gasteiger partial charge in [-0.25, -0.2) is 0 Å². The van der Waals surface area contributed by atoms with E-state index in [0.29, 0.717) is 0 Å². The molecule has 0 amide bonds. The van der Waals surface area contributed by atoms with Crippen molar-refractivity contribution in [2.45, 2.75) is 77.2 Å². The summed E-state index contributed by atoms with van der Waals surface area (Å²) in [6.07, 6.45) is 0. The van der Waals surface area contributed by atoms with Crippen LogP contribution < -0.4 is 5.19 Å². The first kappa shape index (κ1) is 20.3. The second-order valence-electron chi connectivity index (χ2n) is 9.35. The third-order valence-electron chi connectivity index (χ3n) is 5.20. The van der Waals surface area contributed by atoms with Gasteiger partial charge in [-0.2, -0.15) is 0 Å². The van der Waals surface area contributed by atoms with E-state index in [9.17, 15) is 0 Å². The number of hydrogen-bond donors (Lipinski definition) is 1. The molecule has 0 fully saturated rings. The van der Waals surface area contributed by atoms with Crippen LogP contribution in [0.5, 0.6) is 0 Å². The van der Waals surface area contributed by atoms with Crippen LogP contribution in [0.3, 0.4) is 0 Å². The van der Waals surface area contributed by atoms with Gasteiger partial charge in [0.05, 0.1) is 9.52 Å². The Labute approximate surface area is 162 Å². The molecule has 0 heterocycles. The zero-order valence-electron chi connectivity index (χ0n) is 17.2. The Hall–Kier alpha value is -0.993. The molecule has 0 nitrogen and oxygen atoms in total. The average molecular weight is 371 g/mol. The molecular weight excluding hydrogens is 336 g/mol. The molecule has 2 heteroatoms. The molecular formula is C23H34SSi. The maximum atomic E-state index is 5.00. The minimum absolute atomic E-state index is 0.115. The summed E-state index contributed by atoms with van der Waals surface area (Å²) in [5.74, 6) is 0. The van der Waals surface area contributed by atoms with E-state index in [0.717, 1.165) is 0 Å². The summed E-state index contributed by atoms with van der Waals surface area (Å²) in [7, 11) is -0.336. The van der Waals surface area contributed by atoms with Crippen molar-refractivity contribution in [2.24, 2.45) is 0 Å². The molecule has 2 rings (SSSR count). The van der Waals surface area contributed by atoms with Crippen molar-refractivity contribution in [1.29, 1.82) is 0 Å². The van der Waals surface area contributed by atoms with Crippen molar-refractivity contribution in [3.05, 3.63) is 58.1 Å². The van der Waals surface area contributed by atoms with Gasteiger partial charge in [0.25, 0.3) is 0 Å². The van der Waals surface area contributed by atoms with Gasteiger partial charge in [-0.3, -0.25) is 0 Å². The Kier molecular flexibility index (Phi) is 5.95. The summed E-state index contributed by atoms with van der Waals surface area (Å²) in [6, 6.07) is 12.6. The first-order valence-electron chi connectivity index (χ1n) is 9.34. The zero-order valence-corrected chi connectivity index (χ0v) is 19.6. The quantitative estimate of drug-likeness (QED) is 0.558. The lowest BCUT2D eigenvalue weighted by Crippen LogP contribution is -2.24. The fourth-order valence-electron chi connectivity index (χ4n) is 3.64. The number of hydrogen-bond acceptors (Lipinski definition) is 1. The maximum Gasteiger partial charge on any atom is 0.0594 e. The van der Waals surface area contributed by atoms with Gasteiger partial charge in [-0.1, -0.05) is 77.1 Å². The first-order valence-corrected chi connectivity index (χ1v) is 11.5. The molecule has 0 unspecified atom stereocenters. The largest absolute Gasteiger partial charge is 0.143 e. The molecule has 136 valence electrons. The molecule has 0 saturated carbocycles. The fraction of sp³-hybridized carbons (Fsp3) is 0.478. The molecule has 2 aromatic rings. The smallest absolute Gasteiger partial charge is 0.0594 e. The highest BCUT2D eigenvalue weighted by Crippen LogP contribution is 2.38. The van der Waals surface area contributed by atoms with Crippen LogP contribution in [0.4, 0.5) is 0 Å². The first-order chi connectivity index (χ1) is 11.4. The van der Waals surface area contributed by atoms with E-state index in [4.69, 9.17) is 12.6 Å². The molecule has 0 atom stereocenters. The standard InChI is InChI=1S/C23H34SSi/c1-15-10-9-11-19(16(15)2)25-14-17-12-13-18(22(3,4)5)21(24)20(17)23(6,7)8/h9-13,24H,14,25H2,1-8H3. The molecule has 0 saturated heterocycles. The molecule has 25 heavy (non-hydrogen) atoms. The highest BCUT2D eigenvalue weighted by Gasteiger charge is 2.26. The zero-order chi connectivity index (χ0) is 19.0. The molecule has 0 aliphatic carbocycles. The van der Waals surface area contributed by atoms with E-state index in [1.54, 1.807) is 5.19 Å². The molecule has 0 bridgehead atoms. The van der Waals surface area contributed by atoms with E-state index >= 15 is 0 Å². The minimum atomic E-state index is -0.336. The van der Waals surface area contributed by atoms with Gasteiger partial charge in [0, 0.05) is 4.90 Å². The lowest BCUT2D eigenvalue weighted by Gasteiger charge is -2.30. The Morgan fingerprint density at radius 3 is 2.08 bits per heavy atom. The normalized spacial score (nSPS) is 13.0. The fourth-order valence-corrected chi connectivity index (χ4v) is 6.44. The van der Waals surface area contributed by atoms with Gasteiger partial charge < -0.3 is 0 Å². The van der Waals surface area contributed by atoms with E-state index < -0.39 is 0 Å². The lowest BCUT2D eigenvalue weighted by atomic mass is 9.78. The summed E-state index contributed by atoms with van der Waals surface area (Å²) in [5.41, 5.74) is 7.45. The van der Waals surface area contributed by atoms with Crippen LogP contribution in [0.2, 0.25) is 0 Å². The molecule has 0 aliphatic rings. The number of thiol groups is 1. The van der Waals surface area contributed by atoms with Gasteiger partial charge in [0.1, 0.15) is 0 Å². The van der Waals surface area contributed by atoms with Gasteiger partial charge in [-0.15, -0.1) is 12.6 Å². The van der Waals surface area contributed by atoms with E-state index in [2.05, 4.69) is 85.7 Å². The van der Waals surface area contributed by atoms with Crippen LogP contribution in [-0.2, 0) is 16.9 Å². The Morgan fingerprint density at radius 2 is 1.52 bits per heavy atom. The highest BCUT2D eigenvalue weighted by molar-refractivity contribution is 7.80. The molecule has 2 aromatic carbocycles. The molecule has 0 radical (unpaired) electrons. The van der Waals surface area contributed by atoms with Gasteiger partial charge in [-0.05, 0) is 58.5 Å². The summed E-state index contributed by atoms with van der Waals surface area (Å²) in [6.45, 7) is 18.3. The molecule has 0 N–H and O–H groups in total. The number of rotatable bonds is 3. The average Bonchev–Trinajstić information content (AvgIpc) is 2.46. The van der Waals surface area contributed by atoms with Crippen LogP contribution in [0.15, 0.2) is 35.2 Å². The van der Waals surface area contributed by atoms with Crippen molar-refractivity contribution >= 4 is 27.3 Å². The van der Waals surface area contributed by atoms with Crippen LogP contribution in [0.25, 0.3) is 0 Å². The van der Waals surface area contributed by atoms with Crippen molar-refractivity contribution in [2.75, 3.05) is 0 Å². The van der Waals surface area contributed by atoms with Crippen LogP contribution >= 0.6 is 12.6 Å². The predicted octanol–water partition coefficient (Wildman–Crippen LogP) is 5.18. The number of benzene rings is 2. The lowest BCUT2D eigenvalue weighted by molar-refractivity contribution is 0.543. The van der Waals surface area contributed by atoms with E-state index in [1.165, 1.54) is 38.8 Å². The van der Waals surface area contributed by atoms with Crippen LogP contribution in [-0.4, -0.2) is 9.52 Å². The third-order valence-corrected chi connectivity index (χ3v) is 7.76. The summed E-state index contributed by atoms with van der Waals surface area (Å²) in [4.78, 5) is 1.20. The van der Waals surface area contributed by atoms with Crippen LogP contribution in [0.1, 0.15) is 69.4 Å².